The van der Waals surface area contributed by atoms with Crippen molar-refractivity contribution >= 4 is 11.9 Å². The highest BCUT2D eigenvalue weighted by molar-refractivity contribution is 5.89. The van der Waals surface area contributed by atoms with Crippen LogP contribution in [0, 0.1) is 5.41 Å². The number of amides is 1. The molecule has 0 saturated carbocycles. The summed E-state index contributed by atoms with van der Waals surface area (Å²) in [4.78, 5) is 25.3. The molecule has 0 aromatic rings. The van der Waals surface area contributed by atoms with Gasteiger partial charge in [0.15, 0.2) is 0 Å². The van der Waals surface area contributed by atoms with E-state index < -0.39 is 16.9 Å². The van der Waals surface area contributed by atoms with Crippen molar-refractivity contribution < 1.29 is 14.7 Å². The Hall–Kier alpha value is -1.10. The molecule has 0 aromatic heterocycles. The molecule has 0 bridgehead atoms. The van der Waals surface area contributed by atoms with Crippen LogP contribution in [0.4, 0.5) is 0 Å². The number of carboxylic acids is 1. The van der Waals surface area contributed by atoms with Crippen molar-refractivity contribution in [1.82, 2.24) is 4.90 Å². The Morgan fingerprint density at radius 3 is 1.83 bits per heavy atom. The van der Waals surface area contributed by atoms with E-state index in [9.17, 15) is 14.7 Å². The van der Waals surface area contributed by atoms with E-state index in [-0.39, 0.29) is 12.5 Å². The predicted octanol–water partition coefficient (Wildman–Crippen LogP) is 1.46. The van der Waals surface area contributed by atoms with Crippen molar-refractivity contribution in [2.75, 3.05) is 13.1 Å². The minimum absolute atomic E-state index is 0.162. The Labute approximate surface area is 109 Å². The van der Waals surface area contributed by atoms with Crippen molar-refractivity contribution in [3.8, 4) is 0 Å². The highest BCUT2D eigenvalue weighted by Crippen LogP contribution is 2.31. The summed E-state index contributed by atoms with van der Waals surface area (Å²) in [5, 5.41) is 9.25. The molecule has 0 radical (unpaired) electrons. The SMILES string of the molecule is CCN(C(=O)C(CC)(CC)CN)C(C)(C)C(=O)O. The zero-order chi connectivity index (χ0) is 14.6. The average Bonchev–Trinajstić information content (AvgIpc) is 2.32. The number of carboxylic acid groups (broad SMARTS) is 1. The van der Waals surface area contributed by atoms with Crippen molar-refractivity contribution in [2.24, 2.45) is 11.1 Å². The number of nitrogens with two attached hydrogens (primary N) is 1. The summed E-state index contributed by atoms with van der Waals surface area (Å²) in [6.45, 7) is 9.30. The molecule has 5 nitrogen and oxygen atoms in total. The van der Waals surface area contributed by atoms with Crippen molar-refractivity contribution in [1.29, 1.82) is 0 Å². The third-order valence-corrected chi connectivity index (χ3v) is 3.96. The van der Waals surface area contributed by atoms with Crippen LogP contribution in [-0.2, 0) is 9.59 Å². The van der Waals surface area contributed by atoms with Gasteiger partial charge in [0.05, 0.1) is 5.41 Å². The fraction of sp³-hybridized carbons (Fsp3) is 0.846. The molecule has 0 aliphatic carbocycles. The summed E-state index contributed by atoms with van der Waals surface area (Å²) in [6.07, 6.45) is 1.23. The molecule has 0 aliphatic heterocycles. The molecule has 106 valence electrons. The number of carbonyl (C=O) groups is 2. The number of carbonyl (C=O) groups excluding carboxylic acids is 1. The second-order valence-corrected chi connectivity index (χ2v) is 5.11. The number of likely N-dealkylation sites (N-methyl/N-ethyl adjacent to an activating group) is 1. The first-order valence-corrected chi connectivity index (χ1v) is 6.49. The Morgan fingerprint density at radius 2 is 1.61 bits per heavy atom. The quantitative estimate of drug-likeness (QED) is 0.724. The topological polar surface area (TPSA) is 83.6 Å². The first-order chi connectivity index (χ1) is 8.23. The molecule has 0 heterocycles. The lowest BCUT2D eigenvalue weighted by molar-refractivity contribution is -0.161. The zero-order valence-corrected chi connectivity index (χ0v) is 12.1. The van der Waals surface area contributed by atoms with E-state index in [2.05, 4.69) is 0 Å². The maximum Gasteiger partial charge on any atom is 0.329 e. The lowest BCUT2D eigenvalue weighted by atomic mass is 9.79. The van der Waals surface area contributed by atoms with Gasteiger partial charge >= 0.3 is 5.97 Å². The van der Waals surface area contributed by atoms with Crippen LogP contribution in [0.3, 0.4) is 0 Å². The lowest BCUT2D eigenvalue weighted by Crippen LogP contribution is -2.58. The van der Waals surface area contributed by atoms with Crippen LogP contribution in [-0.4, -0.2) is 40.5 Å². The Morgan fingerprint density at radius 1 is 1.17 bits per heavy atom. The molecule has 0 rings (SSSR count). The van der Waals surface area contributed by atoms with Crippen molar-refractivity contribution in [2.45, 2.75) is 53.0 Å². The predicted molar refractivity (Wildman–Crippen MR) is 71.2 cm³/mol. The zero-order valence-electron chi connectivity index (χ0n) is 12.1. The van der Waals surface area contributed by atoms with Gasteiger partial charge in [-0.2, -0.15) is 0 Å². The molecule has 0 fully saturated rings. The third-order valence-electron chi connectivity index (χ3n) is 3.96. The Kier molecular flexibility index (Phi) is 5.80. The van der Waals surface area contributed by atoms with Gasteiger partial charge in [-0.05, 0) is 33.6 Å². The van der Waals surface area contributed by atoms with E-state index in [1.165, 1.54) is 4.90 Å². The van der Waals surface area contributed by atoms with Gasteiger partial charge in [-0.3, -0.25) is 4.79 Å². The maximum absolute atomic E-state index is 12.6. The molecule has 0 saturated heterocycles. The van der Waals surface area contributed by atoms with Gasteiger partial charge in [-0.25, -0.2) is 4.79 Å². The van der Waals surface area contributed by atoms with Gasteiger partial charge in [-0.1, -0.05) is 13.8 Å². The van der Waals surface area contributed by atoms with Crippen LogP contribution < -0.4 is 5.73 Å². The molecule has 18 heavy (non-hydrogen) atoms. The van der Waals surface area contributed by atoms with Crippen molar-refractivity contribution in [3.63, 3.8) is 0 Å². The first-order valence-electron chi connectivity index (χ1n) is 6.49. The van der Waals surface area contributed by atoms with Crippen LogP contribution >= 0.6 is 0 Å². The number of nitrogens with zero attached hydrogens (tertiary/aromatic N) is 1. The van der Waals surface area contributed by atoms with Crippen molar-refractivity contribution in [3.05, 3.63) is 0 Å². The number of hydrogen-bond acceptors (Lipinski definition) is 3. The average molecular weight is 258 g/mol. The molecule has 3 N–H and O–H groups in total. The number of rotatable bonds is 7. The van der Waals surface area contributed by atoms with E-state index in [0.717, 1.165) is 0 Å². The molecule has 0 spiro atoms. The summed E-state index contributed by atoms with van der Waals surface area (Å²) in [7, 11) is 0. The van der Waals surface area contributed by atoms with E-state index in [1.807, 2.05) is 13.8 Å². The van der Waals surface area contributed by atoms with E-state index in [1.54, 1.807) is 20.8 Å². The van der Waals surface area contributed by atoms with Crippen LogP contribution in [0.2, 0.25) is 0 Å². The molecular weight excluding hydrogens is 232 g/mol. The molecule has 0 aliphatic rings. The summed E-state index contributed by atoms with van der Waals surface area (Å²) >= 11 is 0. The Bertz CT molecular complexity index is 301. The minimum Gasteiger partial charge on any atom is -0.480 e. The standard InChI is InChI=1S/C13H26N2O3/c1-6-13(7-2,9-14)10(16)15(8-3)12(4,5)11(17)18/h6-9,14H2,1-5H3,(H,17,18). The number of aliphatic carboxylic acids is 1. The van der Waals surface area contributed by atoms with Gasteiger partial charge in [0.25, 0.3) is 0 Å². The molecule has 5 heteroatoms. The van der Waals surface area contributed by atoms with Crippen LogP contribution in [0.1, 0.15) is 47.5 Å². The molecule has 1 amide bonds. The van der Waals surface area contributed by atoms with Gasteiger partial charge in [0.1, 0.15) is 5.54 Å². The highest BCUT2D eigenvalue weighted by atomic mass is 16.4. The summed E-state index contributed by atoms with van der Waals surface area (Å²) < 4.78 is 0. The normalized spacial score (nSPS) is 12.3. The van der Waals surface area contributed by atoms with Gasteiger partial charge < -0.3 is 15.7 Å². The largest absolute Gasteiger partial charge is 0.480 e. The molecule has 0 atom stereocenters. The fourth-order valence-corrected chi connectivity index (χ4v) is 2.12. The van der Waals surface area contributed by atoms with Gasteiger partial charge in [0, 0.05) is 13.1 Å². The summed E-state index contributed by atoms with van der Waals surface area (Å²) in [5.74, 6) is -1.17. The van der Waals surface area contributed by atoms with E-state index in [4.69, 9.17) is 5.73 Å². The van der Waals surface area contributed by atoms with E-state index >= 15 is 0 Å². The van der Waals surface area contributed by atoms with Crippen LogP contribution in [0.15, 0.2) is 0 Å². The van der Waals surface area contributed by atoms with Crippen LogP contribution in [0.5, 0.6) is 0 Å². The molecule has 0 unspecified atom stereocenters. The molecular formula is C13H26N2O3. The third kappa shape index (κ3) is 2.83. The monoisotopic (exact) mass is 258 g/mol. The number of hydrogen-bond donors (Lipinski definition) is 2. The Balaban J connectivity index is 5.44. The smallest absolute Gasteiger partial charge is 0.329 e. The molecule has 0 aromatic carbocycles. The maximum atomic E-state index is 12.6. The first kappa shape index (κ1) is 16.9. The lowest BCUT2D eigenvalue weighted by Gasteiger charge is -2.41. The summed E-state index contributed by atoms with van der Waals surface area (Å²) in [5.41, 5.74) is 3.88. The van der Waals surface area contributed by atoms with Gasteiger partial charge in [0.2, 0.25) is 5.91 Å². The van der Waals surface area contributed by atoms with Crippen LogP contribution in [0.25, 0.3) is 0 Å². The highest BCUT2D eigenvalue weighted by Gasteiger charge is 2.44. The fourth-order valence-electron chi connectivity index (χ4n) is 2.12. The van der Waals surface area contributed by atoms with Gasteiger partial charge in [-0.15, -0.1) is 0 Å². The van der Waals surface area contributed by atoms with E-state index in [0.29, 0.717) is 19.4 Å². The summed E-state index contributed by atoms with van der Waals surface area (Å²) in [6, 6.07) is 0. The minimum atomic E-state index is -1.21. The second kappa shape index (κ2) is 6.18. The second-order valence-electron chi connectivity index (χ2n) is 5.11.